The van der Waals surface area contributed by atoms with Gasteiger partial charge in [0, 0.05) is 11.8 Å². The predicted octanol–water partition coefficient (Wildman–Crippen LogP) is 5.38. The molecule has 1 unspecified atom stereocenters. The SMILES string of the molecule is CCCCSCC(NCCC)c1ccc(C(C)C)cc1. The molecule has 0 aliphatic rings. The quantitative estimate of drug-likeness (QED) is 0.581. The summed E-state index contributed by atoms with van der Waals surface area (Å²) in [5, 5.41) is 3.69. The summed E-state index contributed by atoms with van der Waals surface area (Å²) in [6.45, 7) is 10.1. The van der Waals surface area contributed by atoms with Crippen LogP contribution in [0.1, 0.15) is 70.0 Å². The lowest BCUT2D eigenvalue weighted by molar-refractivity contribution is 0.577. The van der Waals surface area contributed by atoms with E-state index < -0.39 is 0 Å². The van der Waals surface area contributed by atoms with Crippen molar-refractivity contribution in [2.75, 3.05) is 18.1 Å². The Hall–Kier alpha value is -0.470. The third-order valence-corrected chi connectivity index (χ3v) is 4.72. The van der Waals surface area contributed by atoms with Crippen molar-refractivity contribution in [1.82, 2.24) is 5.32 Å². The summed E-state index contributed by atoms with van der Waals surface area (Å²) in [5.41, 5.74) is 2.87. The van der Waals surface area contributed by atoms with E-state index in [-0.39, 0.29) is 0 Å². The molecule has 0 amide bonds. The van der Waals surface area contributed by atoms with E-state index in [1.54, 1.807) is 0 Å². The molecule has 1 rings (SSSR count). The van der Waals surface area contributed by atoms with Gasteiger partial charge in [0.15, 0.2) is 0 Å². The molecule has 0 saturated heterocycles. The Kier molecular flexibility index (Phi) is 9.04. The van der Waals surface area contributed by atoms with Crippen molar-refractivity contribution in [2.24, 2.45) is 0 Å². The Bertz CT molecular complexity index is 345. The number of thioether (sulfide) groups is 1. The molecule has 0 aromatic heterocycles. The van der Waals surface area contributed by atoms with E-state index in [4.69, 9.17) is 0 Å². The van der Waals surface area contributed by atoms with Gasteiger partial charge in [-0.2, -0.15) is 11.8 Å². The number of benzene rings is 1. The van der Waals surface area contributed by atoms with Gasteiger partial charge in [-0.3, -0.25) is 0 Å². The third kappa shape index (κ3) is 6.32. The van der Waals surface area contributed by atoms with Crippen LogP contribution in [0.25, 0.3) is 0 Å². The van der Waals surface area contributed by atoms with Crippen LogP contribution in [-0.4, -0.2) is 18.1 Å². The highest BCUT2D eigenvalue weighted by atomic mass is 32.2. The number of rotatable bonds is 10. The van der Waals surface area contributed by atoms with Gasteiger partial charge in [-0.1, -0.05) is 58.4 Å². The van der Waals surface area contributed by atoms with Crippen molar-refractivity contribution in [3.05, 3.63) is 35.4 Å². The van der Waals surface area contributed by atoms with Crippen LogP contribution < -0.4 is 5.32 Å². The van der Waals surface area contributed by atoms with Gasteiger partial charge in [0.1, 0.15) is 0 Å². The van der Waals surface area contributed by atoms with Gasteiger partial charge in [0.2, 0.25) is 0 Å². The summed E-state index contributed by atoms with van der Waals surface area (Å²) in [7, 11) is 0. The van der Waals surface area contributed by atoms with E-state index in [1.165, 1.54) is 41.9 Å². The first-order chi connectivity index (χ1) is 9.69. The molecule has 1 aromatic carbocycles. The minimum atomic E-state index is 0.498. The van der Waals surface area contributed by atoms with Crippen LogP contribution in [-0.2, 0) is 0 Å². The maximum Gasteiger partial charge on any atom is 0.0411 e. The summed E-state index contributed by atoms with van der Waals surface area (Å²) in [4.78, 5) is 0. The monoisotopic (exact) mass is 293 g/mol. The highest BCUT2D eigenvalue weighted by Crippen LogP contribution is 2.22. The number of nitrogens with one attached hydrogen (secondary N) is 1. The predicted molar refractivity (Wildman–Crippen MR) is 93.8 cm³/mol. The van der Waals surface area contributed by atoms with Crippen LogP contribution in [0, 0.1) is 0 Å². The summed E-state index contributed by atoms with van der Waals surface area (Å²) >= 11 is 2.08. The fraction of sp³-hybridized carbons (Fsp3) is 0.667. The summed E-state index contributed by atoms with van der Waals surface area (Å²) in [5.74, 6) is 3.08. The molecule has 0 radical (unpaired) electrons. The van der Waals surface area contributed by atoms with Crippen LogP contribution >= 0.6 is 11.8 Å². The van der Waals surface area contributed by atoms with Gasteiger partial charge in [0.25, 0.3) is 0 Å². The maximum absolute atomic E-state index is 3.69. The zero-order valence-corrected chi connectivity index (χ0v) is 14.4. The Morgan fingerprint density at radius 3 is 2.20 bits per heavy atom. The Morgan fingerprint density at radius 2 is 1.65 bits per heavy atom. The molecule has 1 aromatic rings. The van der Waals surface area contributed by atoms with Gasteiger partial charge >= 0.3 is 0 Å². The van der Waals surface area contributed by atoms with E-state index in [1.807, 2.05) is 0 Å². The fourth-order valence-electron chi connectivity index (χ4n) is 2.15. The average molecular weight is 294 g/mol. The molecule has 0 aliphatic carbocycles. The highest BCUT2D eigenvalue weighted by molar-refractivity contribution is 7.99. The second kappa shape index (κ2) is 10.3. The van der Waals surface area contributed by atoms with Gasteiger partial charge in [-0.25, -0.2) is 0 Å². The third-order valence-electron chi connectivity index (χ3n) is 3.57. The number of hydrogen-bond donors (Lipinski definition) is 1. The van der Waals surface area contributed by atoms with Crippen LogP contribution in [0.3, 0.4) is 0 Å². The molecule has 1 nitrogen and oxygen atoms in total. The zero-order valence-electron chi connectivity index (χ0n) is 13.6. The maximum atomic E-state index is 3.69. The first-order valence-corrected chi connectivity index (χ1v) is 9.25. The van der Waals surface area contributed by atoms with Gasteiger partial charge in [-0.15, -0.1) is 0 Å². The van der Waals surface area contributed by atoms with Crippen molar-refractivity contribution < 1.29 is 0 Å². The molecule has 1 N–H and O–H groups in total. The van der Waals surface area contributed by atoms with Crippen molar-refractivity contribution >= 4 is 11.8 Å². The lowest BCUT2D eigenvalue weighted by Gasteiger charge is -2.19. The molecule has 0 spiro atoms. The number of unbranched alkanes of at least 4 members (excludes halogenated alkanes) is 1. The van der Waals surface area contributed by atoms with Gasteiger partial charge < -0.3 is 5.32 Å². The first kappa shape index (κ1) is 17.6. The van der Waals surface area contributed by atoms with Crippen LogP contribution in [0.15, 0.2) is 24.3 Å². The summed E-state index contributed by atoms with van der Waals surface area (Å²) in [6, 6.07) is 9.69. The van der Waals surface area contributed by atoms with Crippen molar-refractivity contribution in [1.29, 1.82) is 0 Å². The molecule has 0 saturated carbocycles. The van der Waals surface area contributed by atoms with Crippen molar-refractivity contribution in [3.63, 3.8) is 0 Å². The lowest BCUT2D eigenvalue weighted by Crippen LogP contribution is -2.24. The lowest BCUT2D eigenvalue weighted by atomic mass is 9.99. The molecule has 20 heavy (non-hydrogen) atoms. The second-order valence-electron chi connectivity index (χ2n) is 5.76. The molecule has 114 valence electrons. The molecular weight excluding hydrogens is 262 g/mol. The highest BCUT2D eigenvalue weighted by Gasteiger charge is 2.11. The molecule has 0 bridgehead atoms. The van der Waals surface area contributed by atoms with Gasteiger partial charge in [0.05, 0.1) is 0 Å². The minimum absolute atomic E-state index is 0.498. The normalized spacial score (nSPS) is 12.8. The Morgan fingerprint density at radius 1 is 1.00 bits per heavy atom. The second-order valence-corrected chi connectivity index (χ2v) is 6.91. The van der Waals surface area contributed by atoms with Crippen LogP contribution in [0.2, 0.25) is 0 Å². The Balaban J connectivity index is 2.60. The molecule has 0 aliphatic heterocycles. The van der Waals surface area contributed by atoms with E-state index in [0.717, 1.165) is 6.54 Å². The topological polar surface area (TPSA) is 12.0 Å². The summed E-state index contributed by atoms with van der Waals surface area (Å²) in [6.07, 6.45) is 3.82. The molecular formula is C18H31NS. The molecule has 2 heteroatoms. The smallest absolute Gasteiger partial charge is 0.0411 e. The first-order valence-electron chi connectivity index (χ1n) is 8.10. The number of hydrogen-bond acceptors (Lipinski definition) is 2. The van der Waals surface area contributed by atoms with Crippen LogP contribution in [0.4, 0.5) is 0 Å². The molecule has 0 heterocycles. The zero-order chi connectivity index (χ0) is 14.8. The van der Waals surface area contributed by atoms with Gasteiger partial charge in [-0.05, 0) is 42.2 Å². The largest absolute Gasteiger partial charge is 0.309 e. The molecule has 1 atom stereocenters. The van der Waals surface area contributed by atoms with E-state index in [2.05, 4.69) is 69.0 Å². The standard InChI is InChI=1S/C18H31NS/c1-5-7-13-20-14-18(19-12-6-2)17-10-8-16(9-11-17)15(3)4/h8-11,15,18-19H,5-7,12-14H2,1-4H3. The van der Waals surface area contributed by atoms with E-state index >= 15 is 0 Å². The van der Waals surface area contributed by atoms with E-state index in [0.29, 0.717) is 12.0 Å². The average Bonchev–Trinajstić information content (AvgIpc) is 2.47. The fourth-order valence-corrected chi connectivity index (χ4v) is 3.36. The van der Waals surface area contributed by atoms with Crippen molar-refractivity contribution in [3.8, 4) is 0 Å². The molecule has 0 fully saturated rings. The Labute approximate surface area is 129 Å². The minimum Gasteiger partial charge on any atom is -0.309 e. The van der Waals surface area contributed by atoms with Crippen molar-refractivity contribution in [2.45, 2.75) is 58.9 Å². The van der Waals surface area contributed by atoms with E-state index in [9.17, 15) is 0 Å². The van der Waals surface area contributed by atoms with Crippen LogP contribution in [0.5, 0.6) is 0 Å². The summed E-state index contributed by atoms with van der Waals surface area (Å²) < 4.78 is 0.